The molecule has 0 N–H and O–H groups in total. The Balaban J connectivity index is 2.06. The lowest BCUT2D eigenvalue weighted by Crippen LogP contribution is -2.38. The van der Waals surface area contributed by atoms with Crippen molar-refractivity contribution in [3.05, 3.63) is 22.8 Å². The summed E-state index contributed by atoms with van der Waals surface area (Å²) in [6, 6.07) is 0. The number of guanidine groups is 1. The number of nitro groups is 1. The second-order valence-electron chi connectivity index (χ2n) is 5.09. The van der Waals surface area contributed by atoms with Crippen LogP contribution in [0, 0.1) is 22.0 Å². The minimum Gasteiger partial charge on any atom is -0.381 e. The molecule has 7 heteroatoms. The predicted octanol–water partition coefficient (Wildman–Crippen LogP) is 0.620. The molecule has 0 aromatic heterocycles. The molecule has 0 aromatic rings. The molecule has 106 valence electrons. The highest BCUT2D eigenvalue weighted by atomic mass is 16.7. The molecule has 0 aliphatic carbocycles. The van der Waals surface area contributed by atoms with E-state index in [1.165, 1.54) is 0 Å². The number of ether oxygens (including phenoxy) is 1. The van der Waals surface area contributed by atoms with Crippen molar-refractivity contribution in [1.82, 2.24) is 9.80 Å². The summed E-state index contributed by atoms with van der Waals surface area (Å²) in [6.07, 6.45) is 1.74. The zero-order valence-electron chi connectivity index (χ0n) is 11.2. The summed E-state index contributed by atoms with van der Waals surface area (Å²) in [6.45, 7) is 10.2. The van der Waals surface area contributed by atoms with Crippen LogP contribution in [0.3, 0.4) is 0 Å². The highest BCUT2D eigenvalue weighted by Gasteiger charge is 2.33. The predicted molar refractivity (Wildman–Crippen MR) is 71.2 cm³/mol. The van der Waals surface area contributed by atoms with E-state index in [4.69, 9.17) is 4.74 Å². The van der Waals surface area contributed by atoms with Crippen molar-refractivity contribution in [2.75, 3.05) is 39.4 Å². The number of hydrogen-bond acceptors (Lipinski definition) is 3. The van der Waals surface area contributed by atoms with Gasteiger partial charge in [0.1, 0.15) is 5.10 Å². The van der Waals surface area contributed by atoms with Gasteiger partial charge in [-0.3, -0.25) is 0 Å². The second-order valence-corrected chi connectivity index (χ2v) is 5.09. The van der Waals surface area contributed by atoms with Gasteiger partial charge < -0.3 is 14.5 Å². The summed E-state index contributed by atoms with van der Waals surface area (Å²) in [5, 5.41) is 13.6. The highest BCUT2D eigenvalue weighted by Crippen LogP contribution is 2.23. The van der Waals surface area contributed by atoms with Gasteiger partial charge in [-0.2, -0.15) is 0 Å². The van der Waals surface area contributed by atoms with Crippen LogP contribution < -0.4 is 0 Å². The monoisotopic (exact) mass is 268 g/mol. The average molecular weight is 268 g/mol. The van der Waals surface area contributed by atoms with Crippen molar-refractivity contribution in [2.24, 2.45) is 16.9 Å². The normalized spacial score (nSPS) is 29.2. The molecule has 0 radical (unpaired) electrons. The summed E-state index contributed by atoms with van der Waals surface area (Å²) in [7, 11) is 0. The van der Waals surface area contributed by atoms with Gasteiger partial charge in [0, 0.05) is 38.7 Å². The third kappa shape index (κ3) is 3.23. The number of rotatable bonds is 5. The molecule has 0 aromatic carbocycles. The van der Waals surface area contributed by atoms with E-state index >= 15 is 0 Å². The topological polar surface area (TPSA) is 71.2 Å². The van der Waals surface area contributed by atoms with Gasteiger partial charge in [-0.1, -0.05) is 13.0 Å². The van der Waals surface area contributed by atoms with E-state index in [-0.39, 0.29) is 0 Å². The van der Waals surface area contributed by atoms with Crippen molar-refractivity contribution in [2.45, 2.75) is 6.92 Å². The maximum absolute atomic E-state index is 10.7. The maximum Gasteiger partial charge on any atom is 0.274 e. The van der Waals surface area contributed by atoms with Gasteiger partial charge >= 0.3 is 0 Å². The first-order valence-electron chi connectivity index (χ1n) is 6.53. The SMILES string of the molecule is C=CCN1CCN(CC2COCC2C)C1=N[N+](=O)[O-]. The fraction of sp³-hybridized carbons (Fsp3) is 0.750. The van der Waals surface area contributed by atoms with Crippen LogP contribution in [0.1, 0.15) is 6.92 Å². The summed E-state index contributed by atoms with van der Waals surface area (Å²) in [5.41, 5.74) is 0. The van der Waals surface area contributed by atoms with Gasteiger partial charge in [0.2, 0.25) is 0 Å². The molecule has 2 rings (SSSR count). The first-order chi connectivity index (χ1) is 9.11. The van der Waals surface area contributed by atoms with Crippen LogP contribution in [0.5, 0.6) is 0 Å². The molecule has 2 saturated heterocycles. The molecule has 0 amide bonds. The lowest BCUT2D eigenvalue weighted by Gasteiger charge is -2.23. The molecule has 7 nitrogen and oxygen atoms in total. The summed E-state index contributed by atoms with van der Waals surface area (Å²) in [4.78, 5) is 14.5. The van der Waals surface area contributed by atoms with Gasteiger partial charge in [0.05, 0.1) is 6.61 Å². The van der Waals surface area contributed by atoms with E-state index in [1.807, 2.05) is 9.80 Å². The number of nitrogens with zero attached hydrogens (tertiary/aromatic N) is 4. The molecule has 19 heavy (non-hydrogen) atoms. The summed E-state index contributed by atoms with van der Waals surface area (Å²) < 4.78 is 5.44. The van der Waals surface area contributed by atoms with Crippen molar-refractivity contribution in [1.29, 1.82) is 0 Å². The van der Waals surface area contributed by atoms with Crippen LogP contribution >= 0.6 is 0 Å². The van der Waals surface area contributed by atoms with Crippen LogP contribution in [0.25, 0.3) is 0 Å². The fourth-order valence-electron chi connectivity index (χ4n) is 2.56. The van der Waals surface area contributed by atoms with E-state index in [0.717, 1.165) is 32.8 Å². The number of hydrogen-bond donors (Lipinski definition) is 0. The first kappa shape index (κ1) is 13.8. The molecule has 0 bridgehead atoms. The van der Waals surface area contributed by atoms with Crippen LogP contribution in [0.4, 0.5) is 0 Å². The smallest absolute Gasteiger partial charge is 0.274 e. The Labute approximate surface area is 112 Å². The molecule has 2 heterocycles. The van der Waals surface area contributed by atoms with E-state index in [2.05, 4.69) is 18.6 Å². The van der Waals surface area contributed by atoms with E-state index < -0.39 is 5.03 Å². The highest BCUT2D eigenvalue weighted by molar-refractivity contribution is 5.81. The minimum absolute atomic E-state index is 0.417. The molecular formula is C12H20N4O3. The van der Waals surface area contributed by atoms with Crippen LogP contribution in [0.2, 0.25) is 0 Å². The van der Waals surface area contributed by atoms with E-state index in [0.29, 0.717) is 24.3 Å². The minimum atomic E-state index is -0.627. The van der Waals surface area contributed by atoms with E-state index in [9.17, 15) is 10.1 Å². The van der Waals surface area contributed by atoms with Crippen LogP contribution in [-0.2, 0) is 4.74 Å². The Morgan fingerprint density at radius 1 is 1.53 bits per heavy atom. The first-order valence-corrected chi connectivity index (χ1v) is 6.53. The molecule has 2 atom stereocenters. The summed E-state index contributed by atoms with van der Waals surface area (Å²) >= 11 is 0. The quantitative estimate of drug-likeness (QED) is 0.415. The molecular weight excluding hydrogens is 248 g/mol. The third-order valence-electron chi connectivity index (χ3n) is 3.70. The zero-order valence-corrected chi connectivity index (χ0v) is 11.2. The Kier molecular flexibility index (Phi) is 4.36. The number of hydrazone groups is 1. The Hall–Kier alpha value is -1.63. The molecule has 0 saturated carbocycles. The molecule has 2 unspecified atom stereocenters. The zero-order chi connectivity index (χ0) is 13.8. The lowest BCUT2D eigenvalue weighted by molar-refractivity contribution is -0.486. The Morgan fingerprint density at radius 3 is 2.84 bits per heavy atom. The molecule has 2 fully saturated rings. The van der Waals surface area contributed by atoms with Gasteiger partial charge in [-0.05, 0) is 5.92 Å². The maximum atomic E-state index is 10.7. The lowest BCUT2D eigenvalue weighted by atomic mass is 9.98. The van der Waals surface area contributed by atoms with E-state index in [1.54, 1.807) is 6.08 Å². The van der Waals surface area contributed by atoms with Crippen molar-refractivity contribution >= 4 is 5.96 Å². The average Bonchev–Trinajstić information content (AvgIpc) is 2.90. The Morgan fingerprint density at radius 2 is 2.26 bits per heavy atom. The largest absolute Gasteiger partial charge is 0.381 e. The van der Waals surface area contributed by atoms with Crippen molar-refractivity contribution in [3.8, 4) is 0 Å². The van der Waals surface area contributed by atoms with Gasteiger partial charge in [0.25, 0.3) is 5.96 Å². The summed E-state index contributed by atoms with van der Waals surface area (Å²) in [5.74, 6) is 1.36. The molecule has 0 spiro atoms. The molecule has 2 aliphatic rings. The molecule has 2 aliphatic heterocycles. The Bertz CT molecular complexity index is 385. The standard InChI is InChI=1S/C12H20N4O3/c1-3-4-14-5-6-15(12(14)13-16(17)18)7-11-9-19-8-10(11)2/h3,10-11H,1,4-9H2,2H3. The van der Waals surface area contributed by atoms with Gasteiger partial charge in [0.15, 0.2) is 5.03 Å². The van der Waals surface area contributed by atoms with Crippen LogP contribution in [0.15, 0.2) is 17.8 Å². The van der Waals surface area contributed by atoms with Crippen LogP contribution in [-0.4, -0.2) is 60.2 Å². The van der Waals surface area contributed by atoms with Crippen molar-refractivity contribution < 1.29 is 9.77 Å². The second kappa shape index (κ2) is 6.01. The van der Waals surface area contributed by atoms with Gasteiger partial charge in [-0.25, -0.2) is 10.1 Å². The fourth-order valence-corrected chi connectivity index (χ4v) is 2.56. The third-order valence-corrected chi connectivity index (χ3v) is 3.70. The van der Waals surface area contributed by atoms with Crippen molar-refractivity contribution in [3.63, 3.8) is 0 Å². The van der Waals surface area contributed by atoms with Gasteiger partial charge in [-0.15, -0.1) is 6.58 Å².